The van der Waals surface area contributed by atoms with Crippen molar-refractivity contribution in [1.29, 1.82) is 0 Å². The van der Waals surface area contributed by atoms with Crippen molar-refractivity contribution in [3.05, 3.63) is 62.9 Å². The molecule has 2 heterocycles. The molecule has 0 atom stereocenters. The summed E-state index contributed by atoms with van der Waals surface area (Å²) in [7, 11) is 0. The third-order valence-corrected chi connectivity index (χ3v) is 4.82. The molecule has 2 aromatic heterocycles. The van der Waals surface area contributed by atoms with Crippen molar-refractivity contribution in [2.24, 2.45) is 0 Å². The molecule has 0 fully saturated rings. The minimum Gasteiger partial charge on any atom is -0.489 e. The predicted molar refractivity (Wildman–Crippen MR) is 99.6 cm³/mol. The maximum atomic E-state index is 12.3. The number of amides is 1. The van der Waals surface area contributed by atoms with Gasteiger partial charge < -0.3 is 14.6 Å². The molecule has 7 heteroatoms. The molecule has 3 aromatic rings. The Bertz CT molecular complexity index is 882. The number of carbonyl (C=O) groups excluding carboxylic acids is 1. The van der Waals surface area contributed by atoms with E-state index in [1.54, 1.807) is 29.5 Å². The van der Waals surface area contributed by atoms with E-state index in [1.165, 1.54) is 0 Å². The fourth-order valence-corrected chi connectivity index (χ4v) is 3.17. The molecule has 0 aliphatic carbocycles. The number of carbonyl (C=O) groups is 1. The lowest BCUT2D eigenvalue weighted by molar-refractivity contribution is 0.0953. The minimum atomic E-state index is -0.125. The molecule has 0 saturated carbocycles. The molecule has 0 saturated heterocycles. The largest absolute Gasteiger partial charge is 0.489 e. The van der Waals surface area contributed by atoms with E-state index in [0.29, 0.717) is 24.5 Å². The van der Waals surface area contributed by atoms with E-state index in [-0.39, 0.29) is 5.91 Å². The Balaban J connectivity index is 1.55. The quantitative estimate of drug-likeness (QED) is 0.686. The molecular formula is C19H21N3O3S. The Morgan fingerprint density at radius 1 is 1.31 bits per heavy atom. The summed E-state index contributed by atoms with van der Waals surface area (Å²) >= 11 is 1.62. The number of ether oxygens (including phenoxy) is 1. The summed E-state index contributed by atoms with van der Waals surface area (Å²) in [5.74, 6) is 1.25. The van der Waals surface area contributed by atoms with Gasteiger partial charge in [-0.1, -0.05) is 11.2 Å². The predicted octanol–water partition coefficient (Wildman–Crippen LogP) is 3.61. The van der Waals surface area contributed by atoms with Crippen LogP contribution in [0.15, 0.2) is 34.2 Å². The lowest BCUT2D eigenvalue weighted by Crippen LogP contribution is -2.25. The first-order chi connectivity index (χ1) is 12.5. The van der Waals surface area contributed by atoms with E-state index in [4.69, 9.17) is 9.26 Å². The first-order valence-corrected chi connectivity index (χ1v) is 9.24. The molecule has 1 N–H and O–H groups in total. The van der Waals surface area contributed by atoms with E-state index in [2.05, 4.69) is 15.5 Å². The van der Waals surface area contributed by atoms with E-state index >= 15 is 0 Å². The maximum absolute atomic E-state index is 12.3. The van der Waals surface area contributed by atoms with E-state index in [0.717, 1.165) is 34.1 Å². The Kier molecular flexibility index (Phi) is 5.68. The minimum absolute atomic E-state index is 0.125. The number of hydrogen-bond acceptors (Lipinski definition) is 6. The van der Waals surface area contributed by atoms with Gasteiger partial charge in [0, 0.05) is 23.9 Å². The lowest BCUT2D eigenvalue weighted by atomic mass is 10.2. The molecule has 1 amide bonds. The van der Waals surface area contributed by atoms with Gasteiger partial charge >= 0.3 is 0 Å². The smallest absolute Gasteiger partial charge is 0.251 e. The second-order valence-corrected chi connectivity index (χ2v) is 7.05. The molecule has 136 valence electrons. The number of rotatable bonds is 7. The second-order valence-electron chi connectivity index (χ2n) is 5.98. The van der Waals surface area contributed by atoms with Crippen LogP contribution in [0.1, 0.15) is 38.1 Å². The standard InChI is InChI=1S/C19H21N3O3S/c1-12-18(13(2)25-22-12)10-24-17-6-4-5-15(9-17)19(23)20-8-7-16-11-26-14(3)21-16/h4-6,9,11H,7-8,10H2,1-3H3,(H,20,23). The molecular weight excluding hydrogens is 350 g/mol. The molecule has 0 aliphatic rings. The fraction of sp³-hybridized carbons (Fsp3) is 0.316. The summed E-state index contributed by atoms with van der Waals surface area (Å²) in [5.41, 5.74) is 3.31. The van der Waals surface area contributed by atoms with Gasteiger partial charge in [0.15, 0.2) is 0 Å². The summed E-state index contributed by atoms with van der Waals surface area (Å²) in [4.78, 5) is 16.7. The lowest BCUT2D eigenvalue weighted by Gasteiger charge is -2.08. The van der Waals surface area contributed by atoms with Crippen molar-refractivity contribution < 1.29 is 14.1 Å². The molecule has 6 nitrogen and oxygen atoms in total. The molecule has 0 aliphatic heterocycles. The van der Waals surface area contributed by atoms with Crippen molar-refractivity contribution in [2.75, 3.05) is 6.54 Å². The van der Waals surface area contributed by atoms with Gasteiger partial charge in [0.1, 0.15) is 18.1 Å². The zero-order valence-electron chi connectivity index (χ0n) is 15.0. The normalized spacial score (nSPS) is 10.7. The maximum Gasteiger partial charge on any atom is 0.251 e. The van der Waals surface area contributed by atoms with Crippen molar-refractivity contribution in [1.82, 2.24) is 15.5 Å². The van der Waals surface area contributed by atoms with Gasteiger partial charge in [0.05, 0.1) is 22.0 Å². The Hall–Kier alpha value is -2.67. The second kappa shape index (κ2) is 8.14. The van der Waals surface area contributed by atoms with Gasteiger partial charge in [-0.15, -0.1) is 11.3 Å². The van der Waals surface area contributed by atoms with Crippen molar-refractivity contribution in [3.8, 4) is 5.75 Å². The highest BCUT2D eigenvalue weighted by atomic mass is 32.1. The van der Waals surface area contributed by atoms with Gasteiger partial charge in [-0.2, -0.15) is 0 Å². The van der Waals surface area contributed by atoms with Crippen LogP contribution in [0.25, 0.3) is 0 Å². The molecule has 0 bridgehead atoms. The van der Waals surface area contributed by atoms with Crippen LogP contribution in [0.3, 0.4) is 0 Å². The van der Waals surface area contributed by atoms with Crippen LogP contribution in [-0.2, 0) is 13.0 Å². The summed E-state index contributed by atoms with van der Waals surface area (Å²) in [5, 5.41) is 9.88. The molecule has 0 spiro atoms. The summed E-state index contributed by atoms with van der Waals surface area (Å²) in [6.07, 6.45) is 0.721. The number of aryl methyl sites for hydroxylation is 3. The highest BCUT2D eigenvalue weighted by Crippen LogP contribution is 2.18. The number of hydrogen-bond donors (Lipinski definition) is 1. The van der Waals surface area contributed by atoms with Crippen LogP contribution in [0.4, 0.5) is 0 Å². The third-order valence-electron chi connectivity index (χ3n) is 3.99. The average Bonchev–Trinajstić information content (AvgIpc) is 3.19. The van der Waals surface area contributed by atoms with E-state index < -0.39 is 0 Å². The van der Waals surface area contributed by atoms with Crippen LogP contribution in [0, 0.1) is 20.8 Å². The topological polar surface area (TPSA) is 77.2 Å². The van der Waals surface area contributed by atoms with Crippen LogP contribution >= 0.6 is 11.3 Å². The highest BCUT2D eigenvalue weighted by molar-refractivity contribution is 7.09. The zero-order chi connectivity index (χ0) is 18.5. The van der Waals surface area contributed by atoms with Gasteiger partial charge in [0.25, 0.3) is 5.91 Å². The number of nitrogens with zero attached hydrogens (tertiary/aromatic N) is 2. The monoisotopic (exact) mass is 371 g/mol. The summed E-state index contributed by atoms with van der Waals surface area (Å²) in [6, 6.07) is 7.14. The zero-order valence-corrected chi connectivity index (χ0v) is 15.9. The first kappa shape index (κ1) is 18.1. The third kappa shape index (κ3) is 4.49. The van der Waals surface area contributed by atoms with E-state index in [1.807, 2.05) is 32.2 Å². The average molecular weight is 371 g/mol. The first-order valence-electron chi connectivity index (χ1n) is 8.36. The van der Waals surface area contributed by atoms with Crippen molar-refractivity contribution in [3.63, 3.8) is 0 Å². The summed E-state index contributed by atoms with van der Waals surface area (Å²) < 4.78 is 10.9. The molecule has 26 heavy (non-hydrogen) atoms. The SMILES string of the molecule is Cc1nc(CCNC(=O)c2cccc(OCc3c(C)noc3C)c2)cs1. The van der Waals surface area contributed by atoms with Gasteiger partial charge in [-0.05, 0) is 39.0 Å². The van der Waals surface area contributed by atoms with Crippen LogP contribution < -0.4 is 10.1 Å². The van der Waals surface area contributed by atoms with Crippen LogP contribution in [-0.4, -0.2) is 22.6 Å². The fourth-order valence-electron chi connectivity index (χ4n) is 2.52. The molecule has 0 unspecified atom stereocenters. The number of benzene rings is 1. The van der Waals surface area contributed by atoms with Gasteiger partial charge in [-0.3, -0.25) is 4.79 Å². The van der Waals surface area contributed by atoms with Crippen molar-refractivity contribution in [2.45, 2.75) is 33.8 Å². The Labute approximate surface area is 156 Å². The van der Waals surface area contributed by atoms with E-state index in [9.17, 15) is 4.79 Å². The summed E-state index contributed by atoms with van der Waals surface area (Å²) in [6.45, 7) is 6.61. The van der Waals surface area contributed by atoms with Crippen molar-refractivity contribution >= 4 is 17.2 Å². The molecule has 0 radical (unpaired) electrons. The van der Waals surface area contributed by atoms with Crippen LogP contribution in [0.5, 0.6) is 5.75 Å². The van der Waals surface area contributed by atoms with Gasteiger partial charge in [-0.25, -0.2) is 4.98 Å². The Morgan fingerprint density at radius 3 is 2.85 bits per heavy atom. The molecule has 3 rings (SSSR count). The highest BCUT2D eigenvalue weighted by Gasteiger charge is 2.11. The molecule has 1 aromatic carbocycles. The van der Waals surface area contributed by atoms with Crippen LogP contribution in [0.2, 0.25) is 0 Å². The number of aromatic nitrogens is 2. The number of nitrogens with one attached hydrogen (secondary N) is 1. The number of thiazole rings is 1. The Morgan fingerprint density at radius 2 is 2.15 bits per heavy atom. The van der Waals surface area contributed by atoms with Gasteiger partial charge in [0.2, 0.25) is 0 Å².